The molecule has 0 amide bonds. The maximum absolute atomic E-state index is 13.3. The Morgan fingerprint density at radius 3 is 2.52 bits per heavy atom. The van der Waals surface area contributed by atoms with Gasteiger partial charge in [0.05, 0.1) is 6.04 Å². The highest BCUT2D eigenvalue weighted by Gasteiger charge is 2.42. The van der Waals surface area contributed by atoms with Gasteiger partial charge in [-0.3, -0.25) is 4.99 Å². The minimum Gasteiger partial charge on any atom is -0.285 e. The minimum absolute atomic E-state index is 0.000649. The van der Waals surface area contributed by atoms with Crippen LogP contribution in [0, 0.1) is 11.2 Å². The van der Waals surface area contributed by atoms with Crippen molar-refractivity contribution in [1.82, 2.24) is 4.31 Å². The lowest BCUT2D eigenvalue weighted by molar-refractivity contribution is 0.220. The number of allylic oxidation sites excluding steroid dienone is 3. The van der Waals surface area contributed by atoms with Crippen molar-refractivity contribution < 1.29 is 4.39 Å². The average Bonchev–Trinajstić information content (AvgIpc) is 2.78. The molecule has 0 bridgehead atoms. The van der Waals surface area contributed by atoms with Gasteiger partial charge in [0.1, 0.15) is 5.82 Å². The number of benzene rings is 2. The van der Waals surface area contributed by atoms with Crippen LogP contribution in [0.4, 0.5) is 4.39 Å². The normalized spacial score (nSPS) is 22.5. The topological polar surface area (TPSA) is 15.6 Å². The molecule has 4 rings (SSSR count). The highest BCUT2D eigenvalue weighted by Crippen LogP contribution is 2.48. The second kappa shape index (κ2) is 10.4. The van der Waals surface area contributed by atoms with E-state index in [9.17, 15) is 4.39 Å². The minimum atomic E-state index is -0.206. The van der Waals surface area contributed by atoms with Gasteiger partial charge in [-0.05, 0) is 67.5 Å². The summed E-state index contributed by atoms with van der Waals surface area (Å²) in [6.07, 6.45) is 7.70. The zero-order chi connectivity index (χ0) is 23.4. The first-order valence-corrected chi connectivity index (χ1v) is 12.8. The van der Waals surface area contributed by atoms with Gasteiger partial charge in [0.15, 0.2) is 0 Å². The van der Waals surface area contributed by atoms with Crippen molar-refractivity contribution >= 4 is 18.2 Å². The van der Waals surface area contributed by atoms with Gasteiger partial charge in [0.25, 0.3) is 0 Å². The molecule has 1 saturated heterocycles. The van der Waals surface area contributed by atoms with Crippen molar-refractivity contribution in [2.75, 3.05) is 13.1 Å². The van der Waals surface area contributed by atoms with Crippen molar-refractivity contribution in [2.24, 2.45) is 10.4 Å². The van der Waals surface area contributed by atoms with Gasteiger partial charge in [-0.25, -0.2) is 8.70 Å². The van der Waals surface area contributed by atoms with Crippen LogP contribution < -0.4 is 0 Å². The molecule has 2 atom stereocenters. The van der Waals surface area contributed by atoms with E-state index in [0.717, 1.165) is 37.9 Å². The van der Waals surface area contributed by atoms with Gasteiger partial charge < -0.3 is 0 Å². The predicted octanol–water partition coefficient (Wildman–Crippen LogP) is 7.60. The van der Waals surface area contributed by atoms with Crippen LogP contribution in [0.3, 0.4) is 0 Å². The third kappa shape index (κ3) is 5.85. The molecule has 0 N–H and O–H groups in total. The largest absolute Gasteiger partial charge is 0.285 e. The number of piperidine rings is 1. The molecule has 2 nitrogen and oxygen atoms in total. The number of hydrogen-bond acceptors (Lipinski definition) is 3. The summed E-state index contributed by atoms with van der Waals surface area (Å²) in [5.41, 5.74) is 6.77. The molecule has 1 aliphatic heterocycles. The average molecular weight is 463 g/mol. The number of hydrogen-bond donors (Lipinski definition) is 0. The van der Waals surface area contributed by atoms with E-state index in [0.29, 0.717) is 5.25 Å². The molecule has 4 heteroatoms. The molecular weight excluding hydrogens is 427 g/mol. The van der Waals surface area contributed by atoms with E-state index in [4.69, 9.17) is 4.99 Å². The summed E-state index contributed by atoms with van der Waals surface area (Å²) in [7, 11) is 0. The molecule has 33 heavy (non-hydrogen) atoms. The molecule has 1 fully saturated rings. The van der Waals surface area contributed by atoms with Crippen LogP contribution in [0.25, 0.3) is 0 Å². The van der Waals surface area contributed by atoms with Gasteiger partial charge >= 0.3 is 0 Å². The Morgan fingerprint density at radius 2 is 1.82 bits per heavy atom. The van der Waals surface area contributed by atoms with Crippen LogP contribution in [-0.2, 0) is 6.42 Å². The Kier molecular flexibility index (Phi) is 7.55. The van der Waals surface area contributed by atoms with Crippen LogP contribution in [0.2, 0.25) is 0 Å². The summed E-state index contributed by atoms with van der Waals surface area (Å²) in [6, 6.07) is 17.6. The third-order valence-electron chi connectivity index (χ3n) is 6.77. The SMILES string of the molecule is CC1=C(C=N[C@@H](C)c2ccc(F)cc2)CC2(Cc3ccccc3)CN(SC(C)C)CCC2=C1. The van der Waals surface area contributed by atoms with Gasteiger partial charge in [-0.2, -0.15) is 0 Å². The molecule has 2 aromatic carbocycles. The van der Waals surface area contributed by atoms with Crippen LogP contribution >= 0.6 is 11.9 Å². The summed E-state index contributed by atoms with van der Waals surface area (Å²) >= 11 is 1.98. The third-order valence-corrected chi connectivity index (χ3v) is 7.80. The number of fused-ring (bicyclic) bond motifs is 1. The molecule has 0 saturated carbocycles. The van der Waals surface area contributed by atoms with Crippen molar-refractivity contribution in [3.05, 3.63) is 94.3 Å². The fraction of sp³-hybridized carbons (Fsp3) is 0.414. The number of nitrogens with zero attached hydrogens (tertiary/aromatic N) is 2. The van der Waals surface area contributed by atoms with E-state index in [-0.39, 0.29) is 17.3 Å². The molecule has 174 valence electrons. The van der Waals surface area contributed by atoms with E-state index in [1.165, 1.54) is 28.8 Å². The lowest BCUT2D eigenvalue weighted by Crippen LogP contribution is -2.45. The second-order valence-electron chi connectivity index (χ2n) is 9.77. The molecule has 0 aromatic heterocycles. The number of halogens is 1. The Balaban J connectivity index is 1.61. The highest BCUT2D eigenvalue weighted by atomic mass is 32.2. The van der Waals surface area contributed by atoms with E-state index >= 15 is 0 Å². The first-order chi connectivity index (χ1) is 15.8. The van der Waals surface area contributed by atoms with Crippen molar-refractivity contribution in [2.45, 2.75) is 58.2 Å². The number of aliphatic imine (C=N–C) groups is 1. The van der Waals surface area contributed by atoms with Gasteiger partial charge in [-0.1, -0.05) is 79.9 Å². The molecule has 1 aliphatic carbocycles. The predicted molar refractivity (Wildman–Crippen MR) is 140 cm³/mol. The van der Waals surface area contributed by atoms with Crippen LogP contribution in [-0.4, -0.2) is 28.9 Å². The summed E-state index contributed by atoms with van der Waals surface area (Å²) in [5.74, 6) is -0.206. The summed E-state index contributed by atoms with van der Waals surface area (Å²) < 4.78 is 15.9. The molecular formula is C29H35FN2S. The van der Waals surface area contributed by atoms with Crippen molar-refractivity contribution in [1.29, 1.82) is 0 Å². The first kappa shape index (κ1) is 24.0. The van der Waals surface area contributed by atoms with Gasteiger partial charge in [0.2, 0.25) is 0 Å². The van der Waals surface area contributed by atoms with E-state index in [1.807, 2.05) is 24.1 Å². The Hall–Kier alpha value is -2.17. The highest BCUT2D eigenvalue weighted by molar-refractivity contribution is 7.97. The monoisotopic (exact) mass is 462 g/mol. The first-order valence-electron chi connectivity index (χ1n) is 12.0. The summed E-state index contributed by atoms with van der Waals surface area (Å²) in [6.45, 7) is 11.0. The maximum atomic E-state index is 13.3. The van der Waals surface area contributed by atoms with Crippen LogP contribution in [0.1, 0.15) is 57.7 Å². The Morgan fingerprint density at radius 1 is 1.09 bits per heavy atom. The van der Waals surface area contributed by atoms with Crippen molar-refractivity contribution in [3.8, 4) is 0 Å². The number of rotatable bonds is 7. The van der Waals surface area contributed by atoms with E-state index in [1.54, 1.807) is 5.57 Å². The Labute approximate surface area is 202 Å². The quantitative estimate of drug-likeness (QED) is 0.311. The molecule has 1 heterocycles. The molecule has 0 radical (unpaired) electrons. The molecule has 0 spiro atoms. The van der Waals surface area contributed by atoms with Gasteiger partial charge in [0, 0.05) is 30.0 Å². The van der Waals surface area contributed by atoms with Crippen LogP contribution in [0.15, 0.2) is 82.4 Å². The maximum Gasteiger partial charge on any atom is 0.123 e. The smallest absolute Gasteiger partial charge is 0.123 e. The van der Waals surface area contributed by atoms with E-state index in [2.05, 4.69) is 74.6 Å². The zero-order valence-corrected chi connectivity index (χ0v) is 21.0. The fourth-order valence-corrected chi connectivity index (χ4v) is 6.18. The standard InChI is InChI=1S/C29H35FN2S/c1-21(2)33-32-15-14-27-16-22(3)26(19-31-23(4)25-10-12-28(30)13-11-25)18-29(27,20-32)17-24-8-6-5-7-9-24/h5-13,16,19,21,23H,14-15,17-18,20H2,1-4H3/t23-,29?/m0/s1. The summed E-state index contributed by atoms with van der Waals surface area (Å²) in [5, 5.41) is 0.586. The molecule has 2 aliphatic rings. The van der Waals surface area contributed by atoms with Crippen molar-refractivity contribution in [3.63, 3.8) is 0 Å². The second-order valence-corrected chi connectivity index (χ2v) is 11.4. The molecule has 1 unspecified atom stereocenters. The van der Waals surface area contributed by atoms with Gasteiger partial charge in [-0.15, -0.1) is 0 Å². The van der Waals surface area contributed by atoms with Crippen LogP contribution in [0.5, 0.6) is 0 Å². The van der Waals surface area contributed by atoms with E-state index < -0.39 is 0 Å². The fourth-order valence-electron chi connectivity index (χ4n) is 5.06. The summed E-state index contributed by atoms with van der Waals surface area (Å²) in [4.78, 5) is 4.89. The Bertz CT molecular complexity index is 1040. The lowest BCUT2D eigenvalue weighted by Gasteiger charge is -2.47. The lowest BCUT2D eigenvalue weighted by atomic mass is 9.65. The zero-order valence-electron chi connectivity index (χ0n) is 20.2. The molecule has 2 aromatic rings.